The molecule has 0 aliphatic carbocycles. The van der Waals surface area contributed by atoms with Gasteiger partial charge in [0.1, 0.15) is 5.60 Å². The molecule has 3 atom stereocenters. The Balaban J connectivity index is 1.82. The molecule has 2 aliphatic heterocycles. The lowest BCUT2D eigenvalue weighted by Gasteiger charge is -2.30. The third-order valence-electron chi connectivity index (χ3n) is 6.16. The smallest absolute Gasteiger partial charge is 0.417 e. The number of hydrogen-bond acceptors (Lipinski definition) is 6. The topological polar surface area (TPSA) is 117 Å². The number of rotatable bonds is 3. The highest BCUT2D eigenvalue weighted by atomic mass is 19.4. The number of alkyl carbamates (subject to hydrolysis) is 1. The van der Waals surface area contributed by atoms with Crippen molar-refractivity contribution in [3.63, 3.8) is 0 Å². The van der Waals surface area contributed by atoms with Crippen LogP contribution < -0.4 is 5.32 Å². The molecule has 1 aromatic carbocycles. The van der Waals surface area contributed by atoms with Crippen molar-refractivity contribution >= 4 is 6.09 Å². The zero-order valence-electron chi connectivity index (χ0n) is 18.2. The van der Waals surface area contributed by atoms with Crippen LogP contribution in [0, 0.1) is 11.3 Å². The summed E-state index contributed by atoms with van der Waals surface area (Å²) in [6.45, 7) is 6.66. The van der Waals surface area contributed by atoms with Gasteiger partial charge in [-0.3, -0.25) is 4.57 Å². The Hall–Kier alpha value is -3.39. The molecule has 1 aromatic heterocycles. The van der Waals surface area contributed by atoms with E-state index in [0.717, 1.165) is 10.6 Å². The van der Waals surface area contributed by atoms with Crippen molar-refractivity contribution in [3.05, 3.63) is 40.5 Å². The number of carbonyl (C=O) groups is 1. The standard InChI is InChI=1S/C22H22F3N3O5/c1-10(2)32-19(31)27-14-8-20(3)15-16(21(14,4)33-20)18(30)28(17(15)29)12-6-5-11(9-26)13(7-12)22(23,24)25/h5-7,10,14,29-30H,8H2,1-4H3,(H,27,31)/t14-,20+,21-/m0/s1. The quantitative estimate of drug-likeness (QED) is 0.627. The number of hydrogen-bond donors (Lipinski definition) is 3. The van der Waals surface area contributed by atoms with Gasteiger partial charge in [-0.1, -0.05) is 0 Å². The lowest BCUT2D eigenvalue weighted by atomic mass is 9.76. The van der Waals surface area contributed by atoms with Crippen molar-refractivity contribution < 1.29 is 37.7 Å². The van der Waals surface area contributed by atoms with Gasteiger partial charge in [0.25, 0.3) is 0 Å². The first kappa shape index (κ1) is 22.8. The van der Waals surface area contributed by atoms with Crippen molar-refractivity contribution in [1.29, 1.82) is 5.26 Å². The summed E-state index contributed by atoms with van der Waals surface area (Å²) < 4.78 is 52.5. The van der Waals surface area contributed by atoms with E-state index >= 15 is 0 Å². The number of halogens is 3. The van der Waals surface area contributed by atoms with Gasteiger partial charge < -0.3 is 25.0 Å². The zero-order chi connectivity index (χ0) is 24.5. The van der Waals surface area contributed by atoms with E-state index in [1.54, 1.807) is 27.7 Å². The molecule has 0 radical (unpaired) electrons. The van der Waals surface area contributed by atoms with Gasteiger partial charge in [-0.15, -0.1) is 0 Å². The van der Waals surface area contributed by atoms with Gasteiger partial charge in [0.05, 0.1) is 51.8 Å². The molecule has 33 heavy (non-hydrogen) atoms. The maximum atomic E-state index is 13.5. The number of alkyl halides is 3. The highest BCUT2D eigenvalue weighted by Crippen LogP contribution is 2.64. The van der Waals surface area contributed by atoms with E-state index in [1.807, 2.05) is 0 Å². The Bertz CT molecular complexity index is 1200. The Labute approximate surface area is 187 Å². The number of aromatic nitrogens is 1. The Morgan fingerprint density at radius 2 is 1.94 bits per heavy atom. The first-order valence-electron chi connectivity index (χ1n) is 10.2. The number of ether oxygens (including phenoxy) is 2. The summed E-state index contributed by atoms with van der Waals surface area (Å²) in [6.07, 6.45) is -5.61. The van der Waals surface area contributed by atoms with E-state index in [4.69, 9.17) is 14.7 Å². The third kappa shape index (κ3) is 3.28. The Kier molecular flexibility index (Phi) is 4.87. The average molecular weight is 465 g/mol. The van der Waals surface area contributed by atoms with E-state index in [9.17, 15) is 28.2 Å². The molecule has 11 heteroatoms. The van der Waals surface area contributed by atoms with Crippen molar-refractivity contribution in [1.82, 2.24) is 9.88 Å². The van der Waals surface area contributed by atoms with Crippen LogP contribution in [-0.4, -0.2) is 33.0 Å². The van der Waals surface area contributed by atoms with Crippen LogP contribution in [0.5, 0.6) is 11.8 Å². The number of amides is 1. The van der Waals surface area contributed by atoms with E-state index < -0.39 is 52.4 Å². The summed E-state index contributed by atoms with van der Waals surface area (Å²) in [5, 5.41) is 33.7. The fraction of sp³-hybridized carbons (Fsp3) is 0.455. The fourth-order valence-corrected chi connectivity index (χ4v) is 4.89. The van der Waals surface area contributed by atoms with Crippen LogP contribution in [0.4, 0.5) is 18.0 Å². The molecule has 8 nitrogen and oxygen atoms in total. The molecule has 176 valence electrons. The van der Waals surface area contributed by atoms with Gasteiger partial charge >= 0.3 is 12.3 Å². The summed E-state index contributed by atoms with van der Waals surface area (Å²) in [4.78, 5) is 12.2. The third-order valence-corrected chi connectivity index (χ3v) is 6.16. The zero-order valence-corrected chi connectivity index (χ0v) is 18.2. The highest BCUT2D eigenvalue weighted by Gasteiger charge is 2.65. The molecule has 0 spiro atoms. The number of fused-ring (bicyclic) bond motifs is 5. The summed E-state index contributed by atoms with van der Waals surface area (Å²) in [7, 11) is 0. The second-order valence-corrected chi connectivity index (χ2v) is 8.87. The minimum atomic E-state index is -4.81. The molecule has 3 N–H and O–H groups in total. The van der Waals surface area contributed by atoms with Crippen LogP contribution in [0.15, 0.2) is 18.2 Å². The average Bonchev–Trinajstić information content (AvgIpc) is 3.21. The number of nitrogens with one attached hydrogen (secondary N) is 1. The summed E-state index contributed by atoms with van der Waals surface area (Å²) in [5.74, 6) is -0.995. The van der Waals surface area contributed by atoms with Gasteiger partial charge in [0, 0.05) is 6.42 Å². The van der Waals surface area contributed by atoms with Crippen molar-refractivity contribution in [2.45, 2.75) is 63.6 Å². The molecule has 1 amide bonds. The lowest BCUT2D eigenvalue weighted by Crippen LogP contribution is -2.47. The number of benzene rings is 1. The van der Waals surface area contributed by atoms with Crippen LogP contribution in [0.1, 0.15) is 56.4 Å². The van der Waals surface area contributed by atoms with Crippen LogP contribution in [-0.2, 0) is 26.9 Å². The van der Waals surface area contributed by atoms with Crippen LogP contribution in [0.3, 0.4) is 0 Å². The molecular weight excluding hydrogens is 443 g/mol. The fourth-order valence-electron chi connectivity index (χ4n) is 4.89. The molecule has 4 rings (SSSR count). The van der Waals surface area contributed by atoms with E-state index in [1.165, 1.54) is 12.1 Å². The largest absolute Gasteiger partial charge is 0.494 e. The van der Waals surface area contributed by atoms with Gasteiger partial charge in [0.15, 0.2) is 0 Å². The summed E-state index contributed by atoms with van der Waals surface area (Å²) in [5.41, 5.74) is -3.94. The SMILES string of the molecule is CC(C)OC(=O)N[C@H]1C[C@@]2(C)O[C@]1(C)c1c2c(O)n(-c2ccc(C#N)c(C(F)(F)F)c2)c1O. The summed E-state index contributed by atoms with van der Waals surface area (Å²) >= 11 is 0. The molecule has 1 fully saturated rings. The Morgan fingerprint density at radius 3 is 2.52 bits per heavy atom. The first-order chi connectivity index (χ1) is 15.2. The molecule has 1 saturated heterocycles. The lowest BCUT2D eigenvalue weighted by molar-refractivity contribution is -0.137. The van der Waals surface area contributed by atoms with Crippen molar-refractivity contribution in [3.8, 4) is 23.5 Å². The van der Waals surface area contributed by atoms with Gasteiger partial charge in [-0.05, 0) is 45.9 Å². The van der Waals surface area contributed by atoms with E-state index in [-0.39, 0.29) is 29.3 Å². The normalized spacial score (nSPS) is 25.7. The highest BCUT2D eigenvalue weighted by molar-refractivity contribution is 5.70. The molecule has 0 unspecified atom stereocenters. The van der Waals surface area contributed by atoms with Crippen molar-refractivity contribution in [2.75, 3.05) is 0 Å². The second kappa shape index (κ2) is 7.05. The number of carbonyl (C=O) groups excluding carboxylic acids is 1. The Morgan fingerprint density at radius 1 is 1.30 bits per heavy atom. The molecule has 2 bridgehead atoms. The molecule has 0 saturated carbocycles. The first-order valence-corrected chi connectivity index (χ1v) is 10.2. The number of nitriles is 1. The van der Waals surface area contributed by atoms with Gasteiger partial charge in [-0.25, -0.2) is 4.79 Å². The monoisotopic (exact) mass is 465 g/mol. The minimum absolute atomic E-state index is 0.168. The maximum absolute atomic E-state index is 13.5. The number of aromatic hydroxyl groups is 2. The number of nitrogens with zero attached hydrogens (tertiary/aromatic N) is 2. The molecule has 3 heterocycles. The summed E-state index contributed by atoms with van der Waals surface area (Å²) in [6, 6.07) is 3.73. The van der Waals surface area contributed by atoms with Gasteiger partial charge in [0.2, 0.25) is 11.8 Å². The second-order valence-electron chi connectivity index (χ2n) is 8.87. The predicted octanol–water partition coefficient (Wildman–Crippen LogP) is 4.15. The molecule has 2 aromatic rings. The van der Waals surface area contributed by atoms with Crippen LogP contribution >= 0.6 is 0 Å². The van der Waals surface area contributed by atoms with Crippen LogP contribution in [0.25, 0.3) is 5.69 Å². The van der Waals surface area contributed by atoms with E-state index in [0.29, 0.717) is 6.07 Å². The molecule has 2 aliphatic rings. The maximum Gasteiger partial charge on any atom is 0.417 e. The van der Waals surface area contributed by atoms with Gasteiger partial charge in [-0.2, -0.15) is 18.4 Å². The van der Waals surface area contributed by atoms with E-state index in [2.05, 4.69) is 5.32 Å². The van der Waals surface area contributed by atoms with Crippen molar-refractivity contribution in [2.24, 2.45) is 0 Å². The van der Waals surface area contributed by atoms with Crippen LogP contribution in [0.2, 0.25) is 0 Å². The predicted molar refractivity (Wildman–Crippen MR) is 108 cm³/mol. The minimum Gasteiger partial charge on any atom is -0.494 e. The molecular formula is C22H22F3N3O5.